The Morgan fingerprint density at radius 3 is 2.58 bits per heavy atom. The van der Waals surface area contributed by atoms with Crippen molar-refractivity contribution in [1.82, 2.24) is 14.3 Å². The first-order chi connectivity index (χ1) is 5.86. The van der Waals surface area contributed by atoms with Crippen LogP contribution in [0.2, 0.25) is 0 Å². The molecule has 0 bridgehead atoms. The highest BCUT2D eigenvalue weighted by atomic mass is 32.2. The lowest BCUT2D eigenvalue weighted by molar-refractivity contribution is 0.478. The molecule has 4 heteroatoms. The molecular formula is C8H13N3S. The Morgan fingerprint density at radius 2 is 2.08 bits per heavy atom. The van der Waals surface area contributed by atoms with E-state index in [1.54, 1.807) is 24.3 Å². The second-order valence-corrected chi connectivity index (χ2v) is 3.19. The number of hydrogen-bond donors (Lipinski definition) is 0. The number of hydrogen-bond acceptors (Lipinski definition) is 4. The highest BCUT2D eigenvalue weighted by molar-refractivity contribution is 7.96. The van der Waals surface area contributed by atoms with E-state index in [2.05, 4.69) is 27.5 Å². The lowest BCUT2D eigenvalue weighted by Crippen LogP contribution is -2.15. The molecule has 0 radical (unpaired) electrons. The van der Waals surface area contributed by atoms with Gasteiger partial charge >= 0.3 is 0 Å². The van der Waals surface area contributed by atoms with Crippen LogP contribution in [0.4, 0.5) is 0 Å². The van der Waals surface area contributed by atoms with Crippen molar-refractivity contribution in [1.29, 1.82) is 0 Å². The summed E-state index contributed by atoms with van der Waals surface area (Å²) in [6.07, 6.45) is 5.61. The highest BCUT2D eigenvalue weighted by Gasteiger charge is 2.02. The van der Waals surface area contributed by atoms with Gasteiger partial charge in [-0.25, -0.2) is 14.3 Å². The molecule has 0 aliphatic heterocycles. The van der Waals surface area contributed by atoms with E-state index in [9.17, 15) is 0 Å². The van der Waals surface area contributed by atoms with E-state index in [1.165, 1.54) is 0 Å². The summed E-state index contributed by atoms with van der Waals surface area (Å²) in [5.74, 6) is 0.883. The normalized spacial score (nSPS) is 10.6. The van der Waals surface area contributed by atoms with Crippen molar-refractivity contribution in [3.8, 4) is 0 Å². The molecule has 66 valence electrons. The van der Waals surface area contributed by atoms with Crippen LogP contribution in [-0.2, 0) is 6.54 Å². The Labute approximate surface area is 77.3 Å². The van der Waals surface area contributed by atoms with Crippen molar-refractivity contribution >= 4 is 11.9 Å². The Balaban J connectivity index is 2.51. The van der Waals surface area contributed by atoms with E-state index in [-0.39, 0.29) is 0 Å². The fraction of sp³-hybridized carbons (Fsp3) is 0.500. The zero-order chi connectivity index (χ0) is 8.81. The van der Waals surface area contributed by atoms with Crippen molar-refractivity contribution in [2.75, 3.05) is 12.8 Å². The number of nitrogens with zero attached hydrogens (tertiary/aromatic N) is 3. The van der Waals surface area contributed by atoms with E-state index in [4.69, 9.17) is 0 Å². The molecule has 0 spiro atoms. The molecular weight excluding hydrogens is 170 g/mol. The second-order valence-electron chi connectivity index (χ2n) is 2.30. The molecule has 1 rings (SSSR count). The van der Waals surface area contributed by atoms with Crippen LogP contribution in [0, 0.1) is 0 Å². The summed E-state index contributed by atoms with van der Waals surface area (Å²) in [5, 5.41) is 0. The zero-order valence-electron chi connectivity index (χ0n) is 7.40. The van der Waals surface area contributed by atoms with Crippen molar-refractivity contribution in [2.24, 2.45) is 0 Å². The molecule has 0 N–H and O–H groups in total. The van der Waals surface area contributed by atoms with Crippen LogP contribution in [-0.4, -0.2) is 27.1 Å². The zero-order valence-corrected chi connectivity index (χ0v) is 8.21. The van der Waals surface area contributed by atoms with E-state index < -0.39 is 0 Å². The molecule has 0 atom stereocenters. The minimum atomic E-state index is 0.818. The third-order valence-corrected chi connectivity index (χ3v) is 2.45. The molecule has 0 unspecified atom stereocenters. The van der Waals surface area contributed by atoms with Gasteiger partial charge in [0.15, 0.2) is 0 Å². The van der Waals surface area contributed by atoms with Gasteiger partial charge in [0, 0.05) is 18.9 Å². The fourth-order valence-electron chi connectivity index (χ4n) is 0.875. The Morgan fingerprint density at radius 1 is 1.42 bits per heavy atom. The van der Waals surface area contributed by atoms with Crippen molar-refractivity contribution in [3.05, 3.63) is 24.3 Å². The molecule has 0 aliphatic carbocycles. The molecule has 0 aromatic carbocycles. The number of rotatable bonds is 4. The molecule has 0 aliphatic rings. The molecule has 12 heavy (non-hydrogen) atoms. The highest BCUT2D eigenvalue weighted by Crippen LogP contribution is 2.07. The molecule has 0 fully saturated rings. The molecule has 1 heterocycles. The Kier molecular flexibility index (Phi) is 4.04. The maximum atomic E-state index is 4.15. The molecule has 0 saturated heterocycles. The van der Waals surface area contributed by atoms with E-state index >= 15 is 0 Å². The lowest BCUT2D eigenvalue weighted by Gasteiger charge is -2.14. The molecule has 0 saturated carbocycles. The SMILES string of the molecule is CCN(Cc1ncccn1)SC. The quantitative estimate of drug-likeness (QED) is 0.663. The van der Waals surface area contributed by atoms with Gasteiger partial charge in [-0.05, 0) is 12.3 Å². The predicted molar refractivity (Wildman–Crippen MR) is 51.6 cm³/mol. The average Bonchev–Trinajstić information content (AvgIpc) is 2.16. The lowest BCUT2D eigenvalue weighted by atomic mass is 10.5. The summed E-state index contributed by atoms with van der Waals surface area (Å²) in [4.78, 5) is 8.30. The van der Waals surface area contributed by atoms with Gasteiger partial charge < -0.3 is 0 Å². The van der Waals surface area contributed by atoms with Crippen molar-refractivity contribution < 1.29 is 0 Å². The van der Waals surface area contributed by atoms with Crippen molar-refractivity contribution in [2.45, 2.75) is 13.5 Å². The summed E-state index contributed by atoms with van der Waals surface area (Å²) in [7, 11) is 0. The van der Waals surface area contributed by atoms with Crippen molar-refractivity contribution in [3.63, 3.8) is 0 Å². The molecule has 3 nitrogen and oxygen atoms in total. The number of aromatic nitrogens is 2. The first kappa shape index (κ1) is 9.48. The van der Waals surface area contributed by atoms with Gasteiger partial charge in [0.1, 0.15) is 5.82 Å². The molecule has 0 amide bonds. The van der Waals surface area contributed by atoms with Gasteiger partial charge in [-0.15, -0.1) is 0 Å². The monoisotopic (exact) mass is 183 g/mol. The average molecular weight is 183 g/mol. The van der Waals surface area contributed by atoms with Crippen LogP contribution in [0.15, 0.2) is 18.5 Å². The van der Waals surface area contributed by atoms with E-state index in [1.807, 2.05) is 6.07 Å². The smallest absolute Gasteiger partial charge is 0.143 e. The van der Waals surface area contributed by atoms with Gasteiger partial charge in [-0.2, -0.15) is 0 Å². The maximum absolute atomic E-state index is 4.15. The van der Waals surface area contributed by atoms with Gasteiger partial charge in [0.2, 0.25) is 0 Å². The van der Waals surface area contributed by atoms with Crippen LogP contribution in [0.3, 0.4) is 0 Å². The van der Waals surface area contributed by atoms with Gasteiger partial charge in [0.05, 0.1) is 6.54 Å². The van der Waals surface area contributed by atoms with Crippen LogP contribution in [0.5, 0.6) is 0 Å². The summed E-state index contributed by atoms with van der Waals surface area (Å²) in [6.45, 7) is 3.96. The standard InChI is InChI=1S/C8H13N3S/c1-3-11(12-2)7-8-9-5-4-6-10-8/h4-6H,3,7H2,1-2H3. The van der Waals surface area contributed by atoms with Gasteiger partial charge in [-0.1, -0.05) is 18.9 Å². The van der Waals surface area contributed by atoms with Gasteiger partial charge in [-0.3, -0.25) is 0 Å². The molecule has 1 aromatic heterocycles. The van der Waals surface area contributed by atoms with E-state index in [0.29, 0.717) is 0 Å². The minimum Gasteiger partial charge on any atom is -0.244 e. The first-order valence-corrected chi connectivity index (χ1v) is 5.10. The predicted octanol–water partition coefficient (Wildman–Crippen LogP) is 1.58. The largest absolute Gasteiger partial charge is 0.244 e. The summed E-state index contributed by atoms with van der Waals surface area (Å²) >= 11 is 1.72. The van der Waals surface area contributed by atoms with Crippen LogP contribution in [0.25, 0.3) is 0 Å². The summed E-state index contributed by atoms with van der Waals surface area (Å²) < 4.78 is 2.20. The third-order valence-electron chi connectivity index (χ3n) is 1.55. The van der Waals surface area contributed by atoms with Crippen LogP contribution in [0.1, 0.15) is 12.7 Å². The van der Waals surface area contributed by atoms with Gasteiger partial charge in [0.25, 0.3) is 0 Å². The third kappa shape index (κ3) is 2.79. The fourth-order valence-corrected chi connectivity index (χ4v) is 1.38. The summed E-state index contributed by atoms with van der Waals surface area (Å²) in [5.41, 5.74) is 0. The Hall–Kier alpha value is -0.610. The maximum Gasteiger partial charge on any atom is 0.143 e. The molecule has 1 aromatic rings. The topological polar surface area (TPSA) is 29.0 Å². The second kappa shape index (κ2) is 5.11. The summed E-state index contributed by atoms with van der Waals surface area (Å²) in [6, 6.07) is 1.83. The van der Waals surface area contributed by atoms with Crippen LogP contribution >= 0.6 is 11.9 Å². The minimum absolute atomic E-state index is 0.818. The van der Waals surface area contributed by atoms with E-state index in [0.717, 1.165) is 18.9 Å². The Bertz CT molecular complexity index is 211. The van der Waals surface area contributed by atoms with Crippen LogP contribution < -0.4 is 0 Å². The first-order valence-electron chi connectivity index (χ1n) is 3.91.